The first-order valence-corrected chi connectivity index (χ1v) is 9.40. The molecule has 3 aromatic rings. The van der Waals surface area contributed by atoms with E-state index in [1.165, 1.54) is 19.2 Å². The lowest BCUT2D eigenvalue weighted by molar-refractivity contribution is -0.144. The van der Waals surface area contributed by atoms with E-state index in [1.54, 1.807) is 0 Å². The average Bonchev–Trinajstić information content (AvgIpc) is 2.77. The van der Waals surface area contributed by atoms with Crippen LogP contribution in [0.25, 0.3) is 5.69 Å². The van der Waals surface area contributed by atoms with Gasteiger partial charge in [0.2, 0.25) is 5.88 Å². The number of rotatable bonds is 7. The van der Waals surface area contributed by atoms with Crippen molar-refractivity contribution in [1.29, 1.82) is 0 Å². The summed E-state index contributed by atoms with van der Waals surface area (Å²) in [5, 5.41) is 8.84. The molecule has 0 saturated carbocycles. The lowest BCUT2D eigenvalue weighted by Crippen LogP contribution is -2.41. The highest BCUT2D eigenvalue weighted by molar-refractivity contribution is 5.68. The van der Waals surface area contributed by atoms with Crippen LogP contribution in [-0.4, -0.2) is 38.9 Å². The molecule has 1 aromatic carbocycles. The topological polar surface area (TPSA) is 148 Å². The predicted molar refractivity (Wildman–Crippen MR) is 111 cm³/mol. The highest BCUT2D eigenvalue weighted by Gasteiger charge is 2.35. The van der Waals surface area contributed by atoms with Crippen molar-refractivity contribution in [1.82, 2.24) is 14.1 Å². The van der Waals surface area contributed by atoms with Crippen LogP contribution in [0.1, 0.15) is 5.69 Å². The van der Waals surface area contributed by atoms with E-state index in [4.69, 9.17) is 25.1 Å². The van der Waals surface area contributed by atoms with Crippen molar-refractivity contribution in [2.45, 2.75) is 6.18 Å². The molecule has 3 N–H and O–H groups in total. The van der Waals surface area contributed by atoms with Crippen LogP contribution in [0.3, 0.4) is 0 Å². The van der Waals surface area contributed by atoms with Crippen LogP contribution in [0.2, 0.25) is 0 Å². The van der Waals surface area contributed by atoms with E-state index >= 15 is 0 Å². The summed E-state index contributed by atoms with van der Waals surface area (Å²) in [7, 11) is 2.05. The Labute approximate surface area is 192 Å². The van der Waals surface area contributed by atoms with Crippen LogP contribution < -0.4 is 31.2 Å². The number of nitrogen functional groups attached to an aromatic ring is 1. The van der Waals surface area contributed by atoms with E-state index in [-0.39, 0.29) is 44.1 Å². The van der Waals surface area contributed by atoms with Gasteiger partial charge in [0, 0.05) is 31.3 Å². The zero-order valence-corrected chi connectivity index (χ0v) is 17.9. The average molecular weight is 500 g/mol. The first-order valence-electron chi connectivity index (χ1n) is 9.40. The number of nitrogens with two attached hydrogens (primary N) is 1. The maximum atomic E-state index is 14.7. The molecule has 0 aliphatic heterocycles. The van der Waals surface area contributed by atoms with E-state index in [0.29, 0.717) is 6.07 Å². The summed E-state index contributed by atoms with van der Waals surface area (Å²) < 4.78 is 69.8. The zero-order chi connectivity index (χ0) is 26.1. The molecule has 15 heteroatoms. The molecule has 0 unspecified atom stereocenters. The number of hydrogen-bond acceptors (Lipinski definition) is 8. The number of benzene rings is 1. The molecular formula is C20H16F4N4O7. The van der Waals surface area contributed by atoms with E-state index in [2.05, 4.69) is 4.98 Å². The molecule has 186 valence electrons. The summed E-state index contributed by atoms with van der Waals surface area (Å²) in [4.78, 5) is 39.6. The summed E-state index contributed by atoms with van der Waals surface area (Å²) in [6.45, 7) is -0.808. The summed E-state index contributed by atoms with van der Waals surface area (Å²) in [5.41, 5.74) is 0.234. The van der Waals surface area contributed by atoms with Crippen LogP contribution in [0, 0.1) is 5.82 Å². The Morgan fingerprint density at radius 3 is 2.46 bits per heavy atom. The minimum absolute atomic E-state index is 0.0327. The van der Waals surface area contributed by atoms with E-state index in [1.807, 2.05) is 0 Å². The van der Waals surface area contributed by atoms with Gasteiger partial charge in [-0.25, -0.2) is 18.5 Å². The van der Waals surface area contributed by atoms with Crippen molar-refractivity contribution in [3.05, 3.63) is 62.7 Å². The molecule has 0 aliphatic rings. The van der Waals surface area contributed by atoms with Crippen molar-refractivity contribution < 1.29 is 41.7 Å². The van der Waals surface area contributed by atoms with Crippen LogP contribution in [0.15, 0.2) is 39.9 Å². The van der Waals surface area contributed by atoms with Gasteiger partial charge in [0.05, 0.1) is 18.5 Å². The summed E-state index contributed by atoms with van der Waals surface area (Å²) >= 11 is 0. The number of aromatic nitrogens is 3. The molecule has 0 saturated heterocycles. The number of alkyl halides is 3. The van der Waals surface area contributed by atoms with Gasteiger partial charge in [-0.1, -0.05) is 0 Å². The minimum atomic E-state index is -5.01. The number of carboxylic acids is 1. The number of aliphatic carboxylic acids is 1. The van der Waals surface area contributed by atoms with Crippen molar-refractivity contribution in [2.75, 3.05) is 19.5 Å². The Bertz CT molecular complexity index is 1420. The molecule has 0 radical (unpaired) electrons. The second-order valence-electron chi connectivity index (χ2n) is 6.83. The number of anilines is 1. The third-order valence-electron chi connectivity index (χ3n) is 4.49. The summed E-state index contributed by atoms with van der Waals surface area (Å²) in [6.07, 6.45) is -5.01. The maximum absolute atomic E-state index is 14.7. The number of pyridine rings is 1. The van der Waals surface area contributed by atoms with Gasteiger partial charge in [0.15, 0.2) is 18.1 Å². The SMILES string of the molecule is COc1ccc(Oc2cc(-n3c(=O)cc(C(F)(F)F)n(C)c3=O)c(F)cc2N)c(OCC(=O)O)n1. The smallest absolute Gasteiger partial charge is 0.431 e. The highest BCUT2D eigenvalue weighted by atomic mass is 19.4. The number of halogens is 4. The first kappa shape index (κ1) is 25.1. The van der Waals surface area contributed by atoms with Gasteiger partial charge >= 0.3 is 17.8 Å². The zero-order valence-electron chi connectivity index (χ0n) is 17.9. The van der Waals surface area contributed by atoms with Crippen LogP contribution in [0.4, 0.5) is 23.2 Å². The molecule has 0 fully saturated rings. The molecule has 3 rings (SSSR count). The molecule has 11 nitrogen and oxygen atoms in total. The fourth-order valence-corrected chi connectivity index (χ4v) is 2.89. The lowest BCUT2D eigenvalue weighted by Gasteiger charge is -2.16. The standard InChI is InChI=1S/C20H16F4N4O7/c1-27-14(20(22,23)24)7-16(29)28(19(27)32)11-6-13(10(25)5-9(11)21)35-12-3-4-15(33-2)26-18(12)34-8-17(30)31/h3-7H,8,25H2,1-2H3,(H,30,31). The van der Waals surface area contributed by atoms with Gasteiger partial charge in [-0.2, -0.15) is 18.2 Å². The fraction of sp³-hybridized carbons (Fsp3) is 0.200. The molecule has 0 amide bonds. The Hall–Kier alpha value is -4.56. The fourth-order valence-electron chi connectivity index (χ4n) is 2.89. The third-order valence-corrected chi connectivity index (χ3v) is 4.49. The number of hydrogen-bond donors (Lipinski definition) is 2. The van der Waals surface area contributed by atoms with Crippen molar-refractivity contribution in [2.24, 2.45) is 7.05 Å². The quantitative estimate of drug-likeness (QED) is 0.367. The van der Waals surface area contributed by atoms with E-state index in [9.17, 15) is 31.9 Å². The van der Waals surface area contributed by atoms with Crippen molar-refractivity contribution in [3.8, 4) is 28.9 Å². The number of carboxylic acid groups (broad SMARTS) is 1. The van der Waals surface area contributed by atoms with Crippen molar-refractivity contribution in [3.63, 3.8) is 0 Å². The molecule has 2 heterocycles. The van der Waals surface area contributed by atoms with Crippen LogP contribution in [0.5, 0.6) is 23.3 Å². The maximum Gasteiger partial charge on any atom is 0.431 e. The summed E-state index contributed by atoms with van der Waals surface area (Å²) in [6, 6.07) is 4.21. The first-order chi connectivity index (χ1) is 16.3. The molecule has 35 heavy (non-hydrogen) atoms. The van der Waals surface area contributed by atoms with Gasteiger partial charge in [-0.05, 0) is 6.07 Å². The number of carbonyl (C=O) groups is 1. The summed E-state index contributed by atoms with van der Waals surface area (Å²) in [5.74, 6) is -3.40. The van der Waals surface area contributed by atoms with Crippen LogP contribution >= 0.6 is 0 Å². The Balaban J connectivity index is 2.13. The minimum Gasteiger partial charge on any atom is -0.481 e. The van der Waals surface area contributed by atoms with Gasteiger partial charge < -0.3 is 25.1 Å². The van der Waals surface area contributed by atoms with Gasteiger partial charge in [0.1, 0.15) is 11.5 Å². The van der Waals surface area contributed by atoms with E-state index in [0.717, 1.165) is 13.1 Å². The molecular weight excluding hydrogens is 484 g/mol. The van der Waals surface area contributed by atoms with Crippen LogP contribution in [-0.2, 0) is 18.0 Å². The van der Waals surface area contributed by atoms with Gasteiger partial charge in [-0.3, -0.25) is 9.36 Å². The normalized spacial score (nSPS) is 11.3. The van der Waals surface area contributed by atoms with Gasteiger partial charge in [-0.15, -0.1) is 0 Å². The van der Waals surface area contributed by atoms with Gasteiger partial charge in [0.25, 0.3) is 11.4 Å². The molecule has 0 bridgehead atoms. The molecule has 0 aliphatic carbocycles. The number of ether oxygens (including phenoxy) is 3. The number of methoxy groups -OCH3 is 1. The lowest BCUT2D eigenvalue weighted by atomic mass is 10.2. The second kappa shape index (κ2) is 9.36. The predicted octanol–water partition coefficient (Wildman–Crippen LogP) is 1.94. The molecule has 0 spiro atoms. The molecule has 2 aromatic heterocycles. The Kier molecular flexibility index (Phi) is 6.70. The van der Waals surface area contributed by atoms with Crippen molar-refractivity contribution >= 4 is 11.7 Å². The second-order valence-corrected chi connectivity index (χ2v) is 6.83. The molecule has 0 atom stereocenters. The number of nitrogens with zero attached hydrogens (tertiary/aromatic N) is 3. The third kappa shape index (κ3) is 5.18. The highest BCUT2D eigenvalue weighted by Crippen LogP contribution is 2.36. The Morgan fingerprint density at radius 1 is 1.17 bits per heavy atom. The van der Waals surface area contributed by atoms with E-state index < -0.39 is 47.2 Å². The monoisotopic (exact) mass is 500 g/mol. The largest absolute Gasteiger partial charge is 0.481 e. The Morgan fingerprint density at radius 2 is 1.86 bits per heavy atom.